The molecule has 0 saturated carbocycles. The van der Waals surface area contributed by atoms with E-state index in [1.807, 2.05) is 0 Å². The summed E-state index contributed by atoms with van der Waals surface area (Å²) in [6.07, 6.45) is 2.30. The van der Waals surface area contributed by atoms with Crippen LogP contribution in [0.4, 0.5) is 0 Å². The molecule has 0 aliphatic carbocycles. The summed E-state index contributed by atoms with van der Waals surface area (Å²) in [5.41, 5.74) is 3.89. The van der Waals surface area contributed by atoms with Crippen LogP contribution in [0.2, 0.25) is 0 Å². The Morgan fingerprint density at radius 3 is 1.76 bits per heavy atom. The zero-order valence-electron chi connectivity index (χ0n) is 14.9. The molecule has 0 radical (unpaired) electrons. The van der Waals surface area contributed by atoms with Gasteiger partial charge in [0.25, 0.3) is 0 Å². The first kappa shape index (κ1) is 16.0. The van der Waals surface area contributed by atoms with E-state index in [1.54, 1.807) is 0 Å². The molecule has 2 heteroatoms. The van der Waals surface area contributed by atoms with E-state index >= 15 is 0 Å². The van der Waals surface area contributed by atoms with Crippen molar-refractivity contribution in [2.45, 2.75) is 28.5 Å². The van der Waals surface area contributed by atoms with Gasteiger partial charge in [-0.15, -0.1) is 0 Å². The topological polar surface area (TPSA) is 4.93 Å². The summed E-state index contributed by atoms with van der Waals surface area (Å²) < 4.78 is 2.24. The largest absolute Gasteiger partial charge is 0.346 e. The van der Waals surface area contributed by atoms with Crippen LogP contribution in [0, 0.1) is 13.8 Å². The van der Waals surface area contributed by atoms with Crippen molar-refractivity contribution >= 4 is 21.8 Å². The molecule has 124 valence electrons. The Labute approximate surface area is 152 Å². The minimum Gasteiger partial charge on any atom is -0.346 e. The Bertz CT molecular complexity index is 965. The Kier molecular flexibility index (Phi) is 4.14. The van der Waals surface area contributed by atoms with Gasteiger partial charge >= 0.3 is 0 Å². The fourth-order valence-corrected chi connectivity index (χ4v) is 5.46. The summed E-state index contributed by atoms with van der Waals surface area (Å²) in [7, 11) is 2.03. The maximum Gasteiger partial charge on any atom is 0.191 e. The Morgan fingerprint density at radius 2 is 1.20 bits per heavy atom. The quantitative estimate of drug-likeness (QED) is 0.408. The van der Waals surface area contributed by atoms with Gasteiger partial charge in [0, 0.05) is 7.05 Å². The van der Waals surface area contributed by atoms with Crippen molar-refractivity contribution < 1.29 is 0 Å². The number of nitrogens with zero attached hydrogens (tertiary/aromatic N) is 1. The number of rotatable bonds is 3. The average Bonchev–Trinajstić information content (AvgIpc) is 2.96. The zero-order valence-corrected chi connectivity index (χ0v) is 15.7. The van der Waals surface area contributed by atoms with Crippen LogP contribution in [-0.4, -0.2) is 4.57 Å². The smallest absolute Gasteiger partial charge is 0.191 e. The molecule has 0 aliphatic rings. The van der Waals surface area contributed by atoms with Crippen molar-refractivity contribution in [3.05, 3.63) is 90.1 Å². The Balaban J connectivity index is 1.96. The van der Waals surface area contributed by atoms with Crippen molar-refractivity contribution in [2.24, 2.45) is 7.05 Å². The molecule has 0 bridgehead atoms. The summed E-state index contributed by atoms with van der Waals surface area (Å²) in [6.45, 7) is 4.29. The van der Waals surface area contributed by atoms with Gasteiger partial charge in [0.15, 0.2) is 14.7 Å². The Morgan fingerprint density at radius 1 is 0.680 bits per heavy atom. The van der Waals surface area contributed by atoms with Gasteiger partial charge in [0.05, 0.1) is 17.1 Å². The molecule has 1 nitrogen and oxygen atoms in total. The third-order valence-electron chi connectivity index (χ3n) is 4.59. The maximum atomic E-state index is 2.30. The third kappa shape index (κ3) is 2.98. The Hall–Kier alpha value is -2.45. The first-order valence-electron chi connectivity index (χ1n) is 8.55. The van der Waals surface area contributed by atoms with E-state index < -0.39 is 0 Å². The van der Waals surface area contributed by atoms with Gasteiger partial charge in [-0.25, -0.2) is 0 Å². The number of para-hydroxylation sites is 1. The molecule has 0 spiro atoms. The van der Waals surface area contributed by atoms with E-state index in [1.165, 1.54) is 36.7 Å². The standard InChI is InChI=1S/C23H22NS/c1-17-8-12-19(13-9-17)25(20-14-10-18(2)11-15-20)23-16-24(3)22-7-5-4-6-21(22)23/h4-16H,1-3H3/q+1. The molecular weight excluding hydrogens is 322 g/mol. The lowest BCUT2D eigenvalue weighted by atomic mass is 10.2. The number of hydrogen-bond acceptors (Lipinski definition) is 0. The summed E-state index contributed by atoms with van der Waals surface area (Å²) >= 11 is 0. The SMILES string of the molecule is Cc1ccc([S+](c2ccc(C)cc2)c2cn(C)c3ccccc23)cc1. The van der Waals surface area contributed by atoms with E-state index in [0.717, 1.165) is 0 Å². The maximum absolute atomic E-state index is 2.30. The third-order valence-corrected chi connectivity index (χ3v) is 6.85. The number of aryl methyl sites for hydroxylation is 3. The lowest BCUT2D eigenvalue weighted by molar-refractivity contribution is 0.956. The highest BCUT2D eigenvalue weighted by molar-refractivity contribution is 7.97. The van der Waals surface area contributed by atoms with Gasteiger partial charge in [0.2, 0.25) is 0 Å². The molecule has 1 aromatic heterocycles. The van der Waals surface area contributed by atoms with Crippen molar-refractivity contribution in [3.63, 3.8) is 0 Å². The lowest BCUT2D eigenvalue weighted by Gasteiger charge is -2.08. The summed E-state index contributed by atoms with van der Waals surface area (Å²) in [4.78, 5) is 4.13. The van der Waals surface area contributed by atoms with Crippen molar-refractivity contribution in [1.82, 2.24) is 4.57 Å². The van der Waals surface area contributed by atoms with Gasteiger partial charge in [0.1, 0.15) is 10.9 Å². The van der Waals surface area contributed by atoms with E-state index in [9.17, 15) is 0 Å². The molecule has 0 unspecified atom stereocenters. The number of fused-ring (bicyclic) bond motifs is 1. The molecule has 0 aliphatic heterocycles. The predicted octanol–water partition coefficient (Wildman–Crippen LogP) is 5.89. The molecule has 1 heterocycles. The van der Waals surface area contributed by atoms with Crippen LogP contribution in [-0.2, 0) is 17.9 Å². The van der Waals surface area contributed by atoms with E-state index in [4.69, 9.17) is 0 Å². The first-order valence-corrected chi connectivity index (χ1v) is 9.77. The number of aromatic nitrogens is 1. The molecule has 4 rings (SSSR count). The highest BCUT2D eigenvalue weighted by Crippen LogP contribution is 2.36. The van der Waals surface area contributed by atoms with Crippen LogP contribution < -0.4 is 0 Å². The average molecular weight is 345 g/mol. The van der Waals surface area contributed by atoms with Crippen LogP contribution in [0.1, 0.15) is 11.1 Å². The first-order chi connectivity index (χ1) is 12.1. The van der Waals surface area contributed by atoms with Crippen molar-refractivity contribution in [3.8, 4) is 0 Å². The van der Waals surface area contributed by atoms with Gasteiger partial charge < -0.3 is 4.57 Å². The highest BCUT2D eigenvalue weighted by atomic mass is 32.2. The highest BCUT2D eigenvalue weighted by Gasteiger charge is 2.32. The van der Waals surface area contributed by atoms with E-state index in [0.29, 0.717) is 0 Å². The van der Waals surface area contributed by atoms with Crippen molar-refractivity contribution in [2.75, 3.05) is 0 Å². The normalized spacial score (nSPS) is 11.4. The minimum atomic E-state index is -0.106. The number of hydrogen-bond donors (Lipinski definition) is 0. The van der Waals surface area contributed by atoms with Crippen LogP contribution in [0.15, 0.2) is 93.7 Å². The molecule has 0 atom stereocenters. The van der Waals surface area contributed by atoms with Gasteiger partial charge in [-0.3, -0.25) is 0 Å². The second-order valence-corrected chi connectivity index (χ2v) is 8.55. The van der Waals surface area contributed by atoms with Gasteiger partial charge in [-0.1, -0.05) is 47.5 Å². The van der Waals surface area contributed by atoms with E-state index in [-0.39, 0.29) is 10.9 Å². The molecule has 0 amide bonds. The molecule has 3 aromatic carbocycles. The molecule has 0 saturated heterocycles. The van der Waals surface area contributed by atoms with Gasteiger partial charge in [-0.05, 0) is 50.2 Å². The second-order valence-electron chi connectivity index (χ2n) is 6.55. The molecule has 0 fully saturated rings. The lowest BCUT2D eigenvalue weighted by Crippen LogP contribution is -2.04. The van der Waals surface area contributed by atoms with Crippen LogP contribution in [0.3, 0.4) is 0 Å². The molecule has 0 N–H and O–H groups in total. The summed E-state index contributed by atoms with van der Waals surface area (Å²) in [6, 6.07) is 26.7. The van der Waals surface area contributed by atoms with E-state index in [2.05, 4.69) is 104 Å². The molecule has 4 aromatic rings. The van der Waals surface area contributed by atoms with Crippen molar-refractivity contribution in [1.29, 1.82) is 0 Å². The molecular formula is C23H22NS+. The van der Waals surface area contributed by atoms with Gasteiger partial charge in [-0.2, -0.15) is 0 Å². The minimum absolute atomic E-state index is 0.106. The van der Waals surface area contributed by atoms with Crippen LogP contribution in [0.5, 0.6) is 0 Å². The summed E-state index contributed by atoms with van der Waals surface area (Å²) in [5.74, 6) is 0. The fourth-order valence-electron chi connectivity index (χ4n) is 3.21. The van der Waals surface area contributed by atoms with Crippen LogP contribution in [0.25, 0.3) is 10.9 Å². The monoisotopic (exact) mass is 344 g/mol. The number of benzene rings is 3. The predicted molar refractivity (Wildman–Crippen MR) is 107 cm³/mol. The second kappa shape index (κ2) is 6.45. The summed E-state index contributed by atoms with van der Waals surface area (Å²) in [5, 5.41) is 1.34. The fraction of sp³-hybridized carbons (Fsp3) is 0.130. The molecule has 25 heavy (non-hydrogen) atoms. The zero-order chi connectivity index (χ0) is 17.4. The van der Waals surface area contributed by atoms with Crippen LogP contribution >= 0.6 is 0 Å².